The van der Waals surface area contributed by atoms with Crippen molar-refractivity contribution in [1.82, 2.24) is 5.32 Å². The monoisotopic (exact) mass is 775 g/mol. The molecule has 0 radical (unpaired) electrons. The number of fused-ring (bicyclic) bond motifs is 1. The number of anilines is 2. The molecule has 1 unspecified atom stereocenters. The molecule has 55 heavy (non-hydrogen) atoms. The molecule has 0 saturated carbocycles. The molecule has 0 aliphatic heterocycles. The van der Waals surface area contributed by atoms with Gasteiger partial charge in [-0.1, -0.05) is 61.0 Å². The molecular formula is C43H41N3O7S2. The number of amides is 3. The molecule has 1 aliphatic rings. The van der Waals surface area contributed by atoms with Gasteiger partial charge in [-0.2, -0.15) is 0 Å². The number of phenols is 1. The quantitative estimate of drug-likeness (QED) is 0.0403. The van der Waals surface area contributed by atoms with Crippen LogP contribution in [0, 0.1) is 0 Å². The second-order valence-corrected chi connectivity index (χ2v) is 15.0. The summed E-state index contributed by atoms with van der Waals surface area (Å²) in [6.45, 7) is 2.00. The molecule has 0 saturated heterocycles. The zero-order chi connectivity index (χ0) is 38.7. The van der Waals surface area contributed by atoms with Crippen molar-refractivity contribution in [3.05, 3.63) is 142 Å². The Morgan fingerprint density at radius 2 is 1.62 bits per heavy atom. The van der Waals surface area contributed by atoms with E-state index in [1.807, 2.05) is 36.4 Å². The molecule has 4 N–H and O–H groups in total. The van der Waals surface area contributed by atoms with Crippen LogP contribution < -0.4 is 20.7 Å². The van der Waals surface area contributed by atoms with Gasteiger partial charge in [0.15, 0.2) is 0 Å². The standard InChI is InChI=1S/C43H41N3O7S2/c1-3-53-43(51)37-33-20-11-6-12-21-36(33)55-42(37)46-41(50)38(27-14-7-4-8-15-27)54-32-19-13-18-30(25-32)44-40(49)34(45-39(48)28-16-9-5-10-17-28)24-29-22-23-31(47)26-35(29)52-2/h4-5,7-10,13-19,22-26,38,47H,3,6,11-12,20-21H2,1-2H3,(H,44,49)(H,45,48)(H,46,50)/b34-24+. The maximum absolute atomic E-state index is 14.2. The Labute approximate surface area is 328 Å². The summed E-state index contributed by atoms with van der Waals surface area (Å²) >= 11 is 2.75. The lowest BCUT2D eigenvalue weighted by Gasteiger charge is -2.18. The summed E-state index contributed by atoms with van der Waals surface area (Å²) in [5.41, 5.74) is 3.35. The van der Waals surface area contributed by atoms with E-state index >= 15 is 0 Å². The largest absolute Gasteiger partial charge is 0.508 e. The zero-order valence-corrected chi connectivity index (χ0v) is 32.1. The normalized spacial score (nSPS) is 13.1. The SMILES string of the molecule is CCOC(=O)c1c(NC(=O)C(Sc2cccc(NC(=O)/C(=C\c3ccc(O)cc3OC)NC(=O)c3ccccc3)c2)c2ccccc2)sc2c1CCCCC2. The van der Waals surface area contributed by atoms with Crippen molar-refractivity contribution in [2.24, 2.45) is 0 Å². The molecule has 4 aromatic carbocycles. The molecule has 0 fully saturated rings. The van der Waals surface area contributed by atoms with Crippen LogP contribution >= 0.6 is 23.1 Å². The fourth-order valence-corrected chi connectivity index (χ4v) is 8.59. The molecule has 12 heteroatoms. The molecule has 6 rings (SSSR count). The van der Waals surface area contributed by atoms with Crippen LogP contribution in [0.15, 0.2) is 114 Å². The first-order valence-electron chi connectivity index (χ1n) is 17.9. The first-order chi connectivity index (χ1) is 26.7. The summed E-state index contributed by atoms with van der Waals surface area (Å²) in [7, 11) is 1.44. The number of carbonyl (C=O) groups excluding carboxylic acids is 4. The number of thiophene rings is 1. The average Bonchev–Trinajstić information content (AvgIpc) is 3.37. The minimum Gasteiger partial charge on any atom is -0.508 e. The van der Waals surface area contributed by atoms with Gasteiger partial charge in [0.05, 0.1) is 19.3 Å². The fraction of sp³-hybridized carbons (Fsp3) is 0.209. The third-order valence-corrected chi connectivity index (χ3v) is 11.3. The van der Waals surface area contributed by atoms with Gasteiger partial charge in [0, 0.05) is 32.7 Å². The maximum Gasteiger partial charge on any atom is 0.341 e. The highest BCUT2D eigenvalue weighted by Crippen LogP contribution is 2.41. The number of rotatable bonds is 13. The Morgan fingerprint density at radius 3 is 2.36 bits per heavy atom. The van der Waals surface area contributed by atoms with Crippen molar-refractivity contribution in [3.63, 3.8) is 0 Å². The molecule has 1 atom stereocenters. The maximum atomic E-state index is 14.2. The number of aryl methyl sites for hydroxylation is 1. The van der Waals surface area contributed by atoms with Gasteiger partial charge in [0.25, 0.3) is 11.8 Å². The summed E-state index contributed by atoms with van der Waals surface area (Å²) < 4.78 is 10.9. The number of methoxy groups -OCH3 is 1. The third kappa shape index (κ3) is 9.83. The Morgan fingerprint density at radius 1 is 0.873 bits per heavy atom. The predicted octanol–water partition coefficient (Wildman–Crippen LogP) is 8.79. The lowest BCUT2D eigenvalue weighted by atomic mass is 10.1. The number of esters is 1. The number of carbonyl (C=O) groups is 4. The van der Waals surface area contributed by atoms with Gasteiger partial charge in [0.1, 0.15) is 27.4 Å². The van der Waals surface area contributed by atoms with E-state index in [-0.39, 0.29) is 24.0 Å². The summed E-state index contributed by atoms with van der Waals surface area (Å²) in [5.74, 6) is -1.55. The Hall–Kier alpha value is -5.85. The zero-order valence-electron chi connectivity index (χ0n) is 30.4. The molecule has 0 bridgehead atoms. The van der Waals surface area contributed by atoms with E-state index in [9.17, 15) is 24.3 Å². The molecule has 1 heterocycles. The molecule has 5 aromatic rings. The van der Waals surface area contributed by atoms with Gasteiger partial charge in [-0.25, -0.2) is 4.79 Å². The lowest BCUT2D eigenvalue weighted by molar-refractivity contribution is -0.116. The van der Waals surface area contributed by atoms with Crippen LogP contribution in [0.1, 0.15) is 73.7 Å². The van der Waals surface area contributed by atoms with E-state index in [4.69, 9.17) is 9.47 Å². The van der Waals surface area contributed by atoms with Gasteiger partial charge in [0.2, 0.25) is 5.91 Å². The summed E-state index contributed by atoms with van der Waals surface area (Å²) in [4.78, 5) is 56.3. The number of aromatic hydroxyl groups is 1. The highest BCUT2D eigenvalue weighted by atomic mass is 32.2. The van der Waals surface area contributed by atoms with Crippen molar-refractivity contribution in [3.8, 4) is 11.5 Å². The number of phenolic OH excluding ortho intramolecular Hbond substituents is 1. The van der Waals surface area contributed by atoms with E-state index < -0.39 is 23.0 Å². The number of ether oxygens (including phenoxy) is 2. The summed E-state index contributed by atoms with van der Waals surface area (Å²) in [5, 5.41) is 18.4. The van der Waals surface area contributed by atoms with Gasteiger partial charge in [-0.05, 0) is 92.3 Å². The Kier molecular flexibility index (Phi) is 13.0. The fourth-order valence-electron chi connectivity index (χ4n) is 6.23. The smallest absolute Gasteiger partial charge is 0.341 e. The molecule has 1 aliphatic carbocycles. The van der Waals surface area contributed by atoms with E-state index in [1.54, 1.807) is 61.5 Å². The first kappa shape index (κ1) is 38.9. The average molecular weight is 776 g/mol. The number of thioether (sulfide) groups is 1. The van der Waals surface area contributed by atoms with Crippen molar-refractivity contribution < 1.29 is 33.8 Å². The molecule has 10 nitrogen and oxygen atoms in total. The minimum absolute atomic E-state index is 0.0190. The van der Waals surface area contributed by atoms with Crippen molar-refractivity contribution in [2.75, 3.05) is 24.4 Å². The first-order valence-corrected chi connectivity index (χ1v) is 19.6. The van der Waals surface area contributed by atoms with Gasteiger partial charge >= 0.3 is 5.97 Å². The highest BCUT2D eigenvalue weighted by Gasteiger charge is 2.30. The summed E-state index contributed by atoms with van der Waals surface area (Å²) in [6.07, 6.45) is 6.18. The topological polar surface area (TPSA) is 143 Å². The lowest BCUT2D eigenvalue weighted by Crippen LogP contribution is -2.30. The van der Waals surface area contributed by atoms with E-state index in [0.717, 1.165) is 48.1 Å². The molecule has 282 valence electrons. The van der Waals surface area contributed by atoms with Crippen molar-refractivity contribution in [1.29, 1.82) is 0 Å². The number of nitrogens with one attached hydrogen (secondary N) is 3. The van der Waals surface area contributed by atoms with Gasteiger partial charge in [-0.3, -0.25) is 14.4 Å². The van der Waals surface area contributed by atoms with Crippen LogP contribution in [0.25, 0.3) is 6.08 Å². The minimum atomic E-state index is -0.716. The van der Waals surface area contributed by atoms with E-state index in [0.29, 0.717) is 38.0 Å². The Bertz CT molecular complexity index is 2200. The van der Waals surface area contributed by atoms with Crippen LogP contribution in [-0.4, -0.2) is 42.5 Å². The van der Waals surface area contributed by atoms with E-state index in [1.165, 1.54) is 48.4 Å². The van der Waals surface area contributed by atoms with Crippen LogP contribution in [0.4, 0.5) is 10.7 Å². The molecule has 0 spiro atoms. The number of benzene rings is 4. The van der Waals surface area contributed by atoms with E-state index in [2.05, 4.69) is 16.0 Å². The predicted molar refractivity (Wildman–Crippen MR) is 217 cm³/mol. The second-order valence-electron chi connectivity index (χ2n) is 12.7. The molecule has 3 amide bonds. The van der Waals surface area contributed by atoms with Crippen LogP contribution in [0.3, 0.4) is 0 Å². The number of hydrogen-bond acceptors (Lipinski definition) is 9. The van der Waals surface area contributed by atoms with Crippen molar-refractivity contribution >= 4 is 63.6 Å². The van der Waals surface area contributed by atoms with Crippen LogP contribution in [0.2, 0.25) is 0 Å². The third-order valence-electron chi connectivity index (χ3n) is 8.87. The number of hydrogen-bond donors (Lipinski definition) is 4. The second kappa shape index (κ2) is 18.5. The Balaban J connectivity index is 1.27. The molecule has 1 aromatic heterocycles. The molecular weight excluding hydrogens is 735 g/mol. The van der Waals surface area contributed by atoms with Gasteiger partial charge in [-0.15, -0.1) is 23.1 Å². The van der Waals surface area contributed by atoms with Crippen LogP contribution in [0.5, 0.6) is 11.5 Å². The van der Waals surface area contributed by atoms with Crippen LogP contribution in [-0.2, 0) is 27.2 Å². The van der Waals surface area contributed by atoms with Crippen molar-refractivity contribution in [2.45, 2.75) is 49.2 Å². The highest BCUT2D eigenvalue weighted by molar-refractivity contribution is 8.00. The summed E-state index contributed by atoms with van der Waals surface area (Å²) in [6, 6.07) is 29.4. The van der Waals surface area contributed by atoms with Gasteiger partial charge < -0.3 is 30.5 Å².